The van der Waals surface area contributed by atoms with E-state index in [1.165, 1.54) is 4.88 Å². The molecule has 132 valence electrons. The number of nitrogens with zero attached hydrogens (tertiary/aromatic N) is 2. The third-order valence-corrected chi connectivity index (χ3v) is 5.49. The number of thiophene rings is 1. The van der Waals surface area contributed by atoms with Crippen molar-refractivity contribution in [1.82, 2.24) is 20.4 Å². The van der Waals surface area contributed by atoms with Gasteiger partial charge in [0.05, 0.1) is 0 Å². The molecule has 3 rings (SSSR count). The van der Waals surface area contributed by atoms with E-state index in [-0.39, 0.29) is 23.4 Å². The predicted octanol–water partition coefficient (Wildman–Crippen LogP) is 1.49. The fraction of sp³-hybridized carbons (Fsp3) is 0.647. The van der Waals surface area contributed by atoms with Gasteiger partial charge in [-0.2, -0.15) is 0 Å². The molecule has 24 heavy (non-hydrogen) atoms. The molecule has 3 amide bonds. The van der Waals surface area contributed by atoms with Gasteiger partial charge in [-0.25, -0.2) is 4.79 Å². The first-order valence-electron chi connectivity index (χ1n) is 8.53. The molecule has 1 aromatic heterocycles. The Morgan fingerprint density at radius 2 is 2.25 bits per heavy atom. The van der Waals surface area contributed by atoms with E-state index in [9.17, 15) is 9.59 Å². The second-order valence-corrected chi connectivity index (χ2v) is 8.30. The molecule has 0 aromatic carbocycles. The first-order valence-corrected chi connectivity index (χ1v) is 9.41. The van der Waals surface area contributed by atoms with E-state index in [0.717, 1.165) is 19.6 Å². The highest BCUT2D eigenvalue weighted by molar-refractivity contribution is 7.09. The number of amides is 3. The maximum atomic E-state index is 12.5. The second kappa shape index (κ2) is 7.11. The lowest BCUT2D eigenvalue weighted by Crippen LogP contribution is -2.48. The van der Waals surface area contributed by atoms with Crippen LogP contribution in [-0.2, 0) is 11.3 Å². The Labute approximate surface area is 147 Å². The topological polar surface area (TPSA) is 64.7 Å². The van der Waals surface area contributed by atoms with Gasteiger partial charge in [-0.05, 0) is 25.3 Å². The Kier molecular flexibility index (Phi) is 5.10. The molecule has 3 heterocycles. The molecule has 7 heteroatoms. The van der Waals surface area contributed by atoms with Crippen LogP contribution >= 0.6 is 11.3 Å². The summed E-state index contributed by atoms with van der Waals surface area (Å²) >= 11 is 1.75. The average Bonchev–Trinajstić information content (AvgIpc) is 3.08. The first kappa shape index (κ1) is 17.2. The number of urea groups is 1. The lowest BCUT2D eigenvalue weighted by Gasteiger charge is -2.33. The van der Waals surface area contributed by atoms with Crippen molar-refractivity contribution >= 4 is 23.3 Å². The van der Waals surface area contributed by atoms with Gasteiger partial charge in [0, 0.05) is 62.0 Å². The summed E-state index contributed by atoms with van der Waals surface area (Å²) in [5, 5.41) is 8.04. The number of hydrogen-bond donors (Lipinski definition) is 2. The van der Waals surface area contributed by atoms with Gasteiger partial charge in [-0.3, -0.25) is 9.69 Å². The zero-order chi connectivity index (χ0) is 17.2. The molecule has 2 N–H and O–H groups in total. The summed E-state index contributed by atoms with van der Waals surface area (Å²) in [6.45, 7) is 8.47. The number of hydrogen-bond acceptors (Lipinski definition) is 4. The third-order valence-electron chi connectivity index (χ3n) is 4.63. The second-order valence-electron chi connectivity index (χ2n) is 7.27. The van der Waals surface area contributed by atoms with E-state index in [1.54, 1.807) is 11.3 Å². The Balaban J connectivity index is 1.75. The van der Waals surface area contributed by atoms with Crippen LogP contribution in [0.1, 0.15) is 25.1 Å². The quantitative estimate of drug-likeness (QED) is 0.868. The molecule has 6 nitrogen and oxygen atoms in total. The van der Waals surface area contributed by atoms with Gasteiger partial charge in [-0.1, -0.05) is 6.07 Å². The van der Waals surface area contributed by atoms with Crippen molar-refractivity contribution in [2.75, 3.05) is 32.7 Å². The van der Waals surface area contributed by atoms with Gasteiger partial charge in [0.25, 0.3) is 0 Å². The van der Waals surface area contributed by atoms with Crippen LogP contribution in [0.3, 0.4) is 0 Å². The minimum atomic E-state index is -0.181. The standard InChI is InChI=1S/C17H26N4O2S/c1-13(2)19-16(23)21-6-5-20(9-14-4-3-7-24-14)11-17(12-21)8-15(22)18-10-17/h3-4,7,13H,5-6,8-12H2,1-2H3,(H,18,22)(H,19,23)/t17-/m0/s1. The summed E-state index contributed by atoms with van der Waals surface area (Å²) in [5.74, 6) is 0.0946. The number of rotatable bonds is 3. The Morgan fingerprint density at radius 1 is 1.42 bits per heavy atom. The lowest BCUT2D eigenvalue weighted by molar-refractivity contribution is -0.119. The van der Waals surface area contributed by atoms with Gasteiger partial charge >= 0.3 is 6.03 Å². The van der Waals surface area contributed by atoms with Crippen LogP contribution in [0.2, 0.25) is 0 Å². The summed E-state index contributed by atoms with van der Waals surface area (Å²) in [6, 6.07) is 4.30. The van der Waals surface area contributed by atoms with Crippen molar-refractivity contribution in [1.29, 1.82) is 0 Å². The fourth-order valence-corrected chi connectivity index (χ4v) is 4.34. The average molecular weight is 350 g/mol. The van der Waals surface area contributed by atoms with Crippen molar-refractivity contribution in [3.8, 4) is 0 Å². The molecular formula is C17H26N4O2S. The highest BCUT2D eigenvalue weighted by Gasteiger charge is 2.43. The van der Waals surface area contributed by atoms with Crippen molar-refractivity contribution in [3.63, 3.8) is 0 Å². The Bertz CT molecular complexity index is 589. The molecule has 1 atom stereocenters. The van der Waals surface area contributed by atoms with E-state index in [0.29, 0.717) is 26.1 Å². The predicted molar refractivity (Wildman–Crippen MR) is 94.9 cm³/mol. The van der Waals surface area contributed by atoms with Crippen LogP contribution in [-0.4, -0.2) is 60.5 Å². The van der Waals surface area contributed by atoms with Crippen molar-refractivity contribution in [3.05, 3.63) is 22.4 Å². The number of nitrogens with one attached hydrogen (secondary N) is 2. The third kappa shape index (κ3) is 4.08. The van der Waals surface area contributed by atoms with E-state index >= 15 is 0 Å². The van der Waals surface area contributed by atoms with Gasteiger partial charge in [-0.15, -0.1) is 11.3 Å². The molecule has 1 aromatic rings. The van der Waals surface area contributed by atoms with E-state index in [4.69, 9.17) is 0 Å². The summed E-state index contributed by atoms with van der Waals surface area (Å²) < 4.78 is 0. The maximum absolute atomic E-state index is 12.5. The van der Waals surface area contributed by atoms with Gasteiger partial charge in [0.1, 0.15) is 0 Å². The highest BCUT2D eigenvalue weighted by Crippen LogP contribution is 2.31. The van der Waals surface area contributed by atoms with Crippen molar-refractivity contribution in [2.24, 2.45) is 5.41 Å². The normalized spacial score (nSPS) is 25.1. The SMILES string of the molecule is CC(C)NC(=O)N1CCN(Cc2cccs2)C[C@]2(CNC(=O)C2)C1. The molecule has 0 saturated carbocycles. The molecular weight excluding hydrogens is 324 g/mol. The van der Waals surface area contributed by atoms with Crippen molar-refractivity contribution < 1.29 is 9.59 Å². The molecule has 0 radical (unpaired) electrons. The summed E-state index contributed by atoms with van der Waals surface area (Å²) in [6.07, 6.45) is 0.499. The fourth-order valence-electron chi connectivity index (χ4n) is 3.59. The molecule has 0 unspecified atom stereocenters. The minimum absolute atomic E-state index is 0.0262. The van der Waals surface area contributed by atoms with Crippen LogP contribution in [0.5, 0.6) is 0 Å². The van der Waals surface area contributed by atoms with Gasteiger partial charge in [0.2, 0.25) is 5.91 Å². The monoisotopic (exact) mass is 350 g/mol. The number of carbonyl (C=O) groups is 2. The molecule has 2 aliphatic rings. The molecule has 1 spiro atoms. The van der Waals surface area contributed by atoms with E-state index in [2.05, 4.69) is 33.0 Å². The Morgan fingerprint density at radius 3 is 2.88 bits per heavy atom. The van der Waals surface area contributed by atoms with E-state index in [1.807, 2.05) is 18.7 Å². The van der Waals surface area contributed by atoms with Crippen LogP contribution < -0.4 is 10.6 Å². The molecule has 2 saturated heterocycles. The largest absolute Gasteiger partial charge is 0.355 e. The molecule has 2 aliphatic heterocycles. The Hall–Kier alpha value is -1.60. The molecule has 2 fully saturated rings. The minimum Gasteiger partial charge on any atom is -0.355 e. The zero-order valence-electron chi connectivity index (χ0n) is 14.4. The van der Waals surface area contributed by atoms with Gasteiger partial charge in [0.15, 0.2) is 0 Å². The summed E-state index contributed by atoms with van der Waals surface area (Å²) in [4.78, 5) is 29.9. The summed E-state index contributed by atoms with van der Waals surface area (Å²) in [7, 11) is 0. The first-order chi connectivity index (χ1) is 11.5. The molecule has 0 aliphatic carbocycles. The summed E-state index contributed by atoms with van der Waals surface area (Å²) in [5.41, 5.74) is -0.181. The van der Waals surface area contributed by atoms with Crippen LogP contribution in [0, 0.1) is 5.41 Å². The smallest absolute Gasteiger partial charge is 0.317 e. The highest BCUT2D eigenvalue weighted by atomic mass is 32.1. The van der Waals surface area contributed by atoms with Crippen LogP contribution in [0.4, 0.5) is 4.79 Å². The molecule has 0 bridgehead atoms. The van der Waals surface area contributed by atoms with Crippen LogP contribution in [0.25, 0.3) is 0 Å². The number of carbonyl (C=O) groups excluding carboxylic acids is 2. The zero-order valence-corrected chi connectivity index (χ0v) is 15.2. The lowest BCUT2D eigenvalue weighted by atomic mass is 9.86. The van der Waals surface area contributed by atoms with Crippen LogP contribution in [0.15, 0.2) is 17.5 Å². The van der Waals surface area contributed by atoms with E-state index < -0.39 is 0 Å². The van der Waals surface area contributed by atoms with Gasteiger partial charge < -0.3 is 15.5 Å². The maximum Gasteiger partial charge on any atom is 0.317 e. The van der Waals surface area contributed by atoms with Crippen molar-refractivity contribution in [2.45, 2.75) is 32.9 Å².